The smallest absolute Gasteiger partial charge is 0.224 e. The predicted octanol–water partition coefficient (Wildman–Crippen LogP) is 4.03. The molecule has 1 aromatic carbocycles. The fourth-order valence-corrected chi connectivity index (χ4v) is 2.97. The van der Waals surface area contributed by atoms with Crippen LogP contribution in [0.1, 0.15) is 49.7 Å². The number of hydrogen-bond acceptors (Lipinski definition) is 1. The van der Waals surface area contributed by atoms with Gasteiger partial charge in [-0.3, -0.25) is 4.79 Å². The van der Waals surface area contributed by atoms with Gasteiger partial charge in [-0.1, -0.05) is 49.4 Å². The molecule has 0 heterocycles. The van der Waals surface area contributed by atoms with Gasteiger partial charge in [0.15, 0.2) is 0 Å². The van der Waals surface area contributed by atoms with Gasteiger partial charge < -0.3 is 5.32 Å². The number of rotatable bonds is 3. The Morgan fingerprint density at radius 2 is 1.95 bits per heavy atom. The summed E-state index contributed by atoms with van der Waals surface area (Å²) in [7, 11) is 0. The molecule has 1 aliphatic rings. The lowest BCUT2D eigenvalue weighted by molar-refractivity contribution is -0.121. The summed E-state index contributed by atoms with van der Waals surface area (Å²) in [5, 5.41) is 3.84. The Morgan fingerprint density at radius 1 is 1.26 bits per heavy atom. The van der Waals surface area contributed by atoms with Crippen molar-refractivity contribution < 1.29 is 4.79 Å². The highest BCUT2D eigenvalue weighted by Crippen LogP contribution is 2.19. The monoisotopic (exact) mass is 279 g/mol. The predicted molar refractivity (Wildman–Crippen MR) is 79.5 cm³/mol. The van der Waals surface area contributed by atoms with Crippen molar-refractivity contribution in [3.05, 3.63) is 34.3 Å². The van der Waals surface area contributed by atoms with E-state index >= 15 is 0 Å². The van der Waals surface area contributed by atoms with E-state index in [4.69, 9.17) is 11.6 Å². The van der Waals surface area contributed by atoms with Crippen LogP contribution in [0.3, 0.4) is 0 Å². The number of carbonyl (C=O) groups is 1. The fraction of sp³-hybridized carbons (Fsp3) is 0.562. The van der Waals surface area contributed by atoms with Crippen molar-refractivity contribution in [2.24, 2.45) is 0 Å². The molecule has 19 heavy (non-hydrogen) atoms. The Hall–Kier alpha value is -1.02. The number of hydrogen-bond donors (Lipinski definition) is 1. The third-order valence-corrected chi connectivity index (χ3v) is 4.13. The first kappa shape index (κ1) is 14.4. The van der Waals surface area contributed by atoms with Gasteiger partial charge >= 0.3 is 0 Å². The minimum Gasteiger partial charge on any atom is -0.353 e. The summed E-state index contributed by atoms with van der Waals surface area (Å²) in [5.41, 5.74) is 2.04. The molecule has 0 bridgehead atoms. The normalized spacial score (nSPS) is 16.9. The molecule has 0 aromatic heterocycles. The molecule has 1 N–H and O–H groups in total. The van der Waals surface area contributed by atoms with Gasteiger partial charge in [-0.05, 0) is 37.0 Å². The first-order chi connectivity index (χ1) is 9.15. The zero-order chi connectivity index (χ0) is 13.7. The molecule has 0 radical (unpaired) electrons. The summed E-state index contributed by atoms with van der Waals surface area (Å²) >= 11 is 6.16. The van der Waals surface area contributed by atoms with Gasteiger partial charge in [0.2, 0.25) is 5.91 Å². The van der Waals surface area contributed by atoms with Crippen molar-refractivity contribution in [3.8, 4) is 0 Å². The van der Waals surface area contributed by atoms with Crippen molar-refractivity contribution in [2.75, 3.05) is 0 Å². The number of nitrogens with one attached hydrogen (secondary N) is 1. The second kappa shape index (κ2) is 6.95. The molecule has 0 unspecified atom stereocenters. The Morgan fingerprint density at radius 3 is 2.58 bits per heavy atom. The van der Waals surface area contributed by atoms with E-state index in [1.165, 1.54) is 25.7 Å². The first-order valence-electron chi connectivity index (χ1n) is 7.19. The average molecular weight is 280 g/mol. The minimum atomic E-state index is 0.0950. The molecule has 0 atom stereocenters. The van der Waals surface area contributed by atoms with Gasteiger partial charge in [0.1, 0.15) is 0 Å². The van der Waals surface area contributed by atoms with E-state index in [1.54, 1.807) is 0 Å². The van der Waals surface area contributed by atoms with Gasteiger partial charge in [-0.15, -0.1) is 0 Å². The first-order valence-corrected chi connectivity index (χ1v) is 7.57. The number of carbonyl (C=O) groups excluding carboxylic acids is 1. The van der Waals surface area contributed by atoms with E-state index < -0.39 is 0 Å². The van der Waals surface area contributed by atoms with E-state index in [2.05, 4.69) is 5.32 Å². The molecular formula is C16H22ClNO. The molecule has 1 fully saturated rings. The van der Waals surface area contributed by atoms with Crippen LogP contribution in [0.2, 0.25) is 5.02 Å². The molecule has 0 saturated heterocycles. The van der Waals surface area contributed by atoms with Crippen LogP contribution in [-0.2, 0) is 11.2 Å². The lowest BCUT2D eigenvalue weighted by atomic mass is 10.1. The third-order valence-electron chi connectivity index (χ3n) is 3.78. The summed E-state index contributed by atoms with van der Waals surface area (Å²) in [4.78, 5) is 12.1. The summed E-state index contributed by atoms with van der Waals surface area (Å²) in [6.45, 7) is 2.00. The Labute approximate surface area is 120 Å². The quantitative estimate of drug-likeness (QED) is 0.832. The molecule has 3 heteroatoms. The Bertz CT molecular complexity index is 436. The van der Waals surface area contributed by atoms with Crippen molar-refractivity contribution in [1.29, 1.82) is 0 Å². The highest BCUT2D eigenvalue weighted by Gasteiger charge is 2.15. The van der Waals surface area contributed by atoms with Crippen molar-refractivity contribution in [2.45, 2.75) is 57.9 Å². The lowest BCUT2D eigenvalue weighted by Crippen LogP contribution is -2.35. The Kier molecular flexibility index (Phi) is 5.26. The summed E-state index contributed by atoms with van der Waals surface area (Å²) in [5.74, 6) is 0.0950. The summed E-state index contributed by atoms with van der Waals surface area (Å²) in [6, 6.07) is 6.22. The van der Waals surface area contributed by atoms with Gasteiger partial charge in [0.05, 0.1) is 6.42 Å². The molecule has 1 amide bonds. The minimum absolute atomic E-state index is 0.0950. The van der Waals surface area contributed by atoms with E-state index in [-0.39, 0.29) is 5.91 Å². The van der Waals surface area contributed by atoms with Gasteiger partial charge in [-0.25, -0.2) is 0 Å². The van der Waals surface area contributed by atoms with Crippen LogP contribution >= 0.6 is 11.6 Å². The van der Waals surface area contributed by atoms with Crippen LogP contribution in [0.5, 0.6) is 0 Å². The van der Waals surface area contributed by atoms with Gasteiger partial charge in [-0.2, -0.15) is 0 Å². The van der Waals surface area contributed by atoms with Crippen LogP contribution in [0.25, 0.3) is 0 Å². The molecule has 2 nitrogen and oxygen atoms in total. The maximum Gasteiger partial charge on any atom is 0.224 e. The number of benzene rings is 1. The van der Waals surface area contributed by atoms with Crippen LogP contribution in [0, 0.1) is 6.92 Å². The van der Waals surface area contributed by atoms with Gasteiger partial charge in [0, 0.05) is 11.1 Å². The highest BCUT2D eigenvalue weighted by molar-refractivity contribution is 6.31. The molecule has 0 aliphatic heterocycles. The number of aryl methyl sites for hydroxylation is 1. The topological polar surface area (TPSA) is 29.1 Å². The summed E-state index contributed by atoms with van der Waals surface area (Å²) < 4.78 is 0. The van der Waals surface area contributed by atoms with Crippen LogP contribution in [0.15, 0.2) is 18.2 Å². The summed E-state index contributed by atoms with van der Waals surface area (Å²) in [6.07, 6.45) is 7.69. The van der Waals surface area contributed by atoms with Crippen LogP contribution in [-0.4, -0.2) is 11.9 Å². The second-order valence-electron chi connectivity index (χ2n) is 5.53. The standard InChI is InChI=1S/C16H22ClNO/c1-12-8-9-13(15(17)10-12)11-16(19)18-14-6-4-2-3-5-7-14/h8-10,14H,2-7,11H2,1H3,(H,18,19). The third kappa shape index (κ3) is 4.54. The molecule has 104 valence electrons. The zero-order valence-corrected chi connectivity index (χ0v) is 12.3. The van der Waals surface area contributed by atoms with Crippen molar-refractivity contribution >= 4 is 17.5 Å². The van der Waals surface area contributed by atoms with Crippen molar-refractivity contribution in [1.82, 2.24) is 5.32 Å². The maximum absolute atomic E-state index is 12.1. The molecule has 1 aliphatic carbocycles. The van der Waals surface area contributed by atoms with Gasteiger partial charge in [0.25, 0.3) is 0 Å². The van der Waals surface area contributed by atoms with E-state index in [9.17, 15) is 4.79 Å². The molecule has 1 saturated carbocycles. The van der Waals surface area contributed by atoms with E-state index in [0.717, 1.165) is 24.0 Å². The highest BCUT2D eigenvalue weighted by atomic mass is 35.5. The Balaban J connectivity index is 1.89. The van der Waals surface area contributed by atoms with E-state index in [0.29, 0.717) is 17.5 Å². The molecular weight excluding hydrogens is 258 g/mol. The average Bonchev–Trinajstić information content (AvgIpc) is 2.61. The number of amides is 1. The van der Waals surface area contributed by atoms with Crippen molar-refractivity contribution in [3.63, 3.8) is 0 Å². The molecule has 0 spiro atoms. The lowest BCUT2D eigenvalue weighted by Gasteiger charge is -2.16. The van der Waals surface area contributed by atoms with E-state index in [1.807, 2.05) is 25.1 Å². The SMILES string of the molecule is Cc1ccc(CC(=O)NC2CCCCCC2)c(Cl)c1. The molecule has 2 rings (SSSR count). The second-order valence-corrected chi connectivity index (χ2v) is 5.93. The van der Waals surface area contributed by atoms with Crippen LogP contribution < -0.4 is 5.32 Å². The van der Waals surface area contributed by atoms with Crippen LogP contribution in [0.4, 0.5) is 0 Å². The largest absolute Gasteiger partial charge is 0.353 e. The fourth-order valence-electron chi connectivity index (χ4n) is 2.67. The zero-order valence-electron chi connectivity index (χ0n) is 11.5. The molecule has 1 aromatic rings. The maximum atomic E-state index is 12.1. The number of halogens is 1.